The zero-order valence-corrected chi connectivity index (χ0v) is 10.7. The minimum absolute atomic E-state index is 0.0112. The highest BCUT2D eigenvalue weighted by Crippen LogP contribution is 2.14. The van der Waals surface area contributed by atoms with Crippen molar-refractivity contribution in [1.82, 2.24) is 4.90 Å². The Hall–Kier alpha value is -1.55. The summed E-state index contributed by atoms with van der Waals surface area (Å²) in [7, 11) is 3.64. The van der Waals surface area contributed by atoms with Crippen molar-refractivity contribution in [3.8, 4) is 5.75 Å². The summed E-state index contributed by atoms with van der Waals surface area (Å²) in [5.74, 6) is 1.08. The molecule has 0 spiro atoms. The van der Waals surface area contributed by atoms with Gasteiger partial charge >= 0.3 is 0 Å². The lowest BCUT2D eigenvalue weighted by Gasteiger charge is -2.26. The Morgan fingerprint density at radius 2 is 2.00 bits per heavy atom. The molecule has 0 aliphatic carbocycles. The van der Waals surface area contributed by atoms with Crippen LogP contribution in [-0.4, -0.2) is 30.9 Å². The van der Waals surface area contributed by atoms with E-state index in [0.29, 0.717) is 0 Å². The molecule has 4 nitrogen and oxygen atoms in total. The monoisotopic (exact) mass is 235 g/mol. The van der Waals surface area contributed by atoms with Crippen molar-refractivity contribution >= 4 is 5.84 Å². The Morgan fingerprint density at radius 3 is 2.41 bits per heavy atom. The number of nitrogens with zero attached hydrogens (tertiary/aromatic N) is 1. The number of ether oxygens (including phenoxy) is 1. The topological polar surface area (TPSA) is 62.3 Å². The lowest BCUT2D eigenvalue weighted by molar-refractivity contribution is 0.280. The van der Waals surface area contributed by atoms with Crippen LogP contribution in [0.25, 0.3) is 0 Å². The fraction of sp³-hybridized carbons (Fsp3) is 0.462. The first-order valence-corrected chi connectivity index (χ1v) is 5.75. The van der Waals surface area contributed by atoms with Gasteiger partial charge in [-0.15, -0.1) is 0 Å². The van der Waals surface area contributed by atoms with E-state index in [2.05, 4.69) is 4.90 Å². The zero-order chi connectivity index (χ0) is 12.8. The van der Waals surface area contributed by atoms with E-state index in [4.69, 9.17) is 15.9 Å². The first-order chi connectivity index (χ1) is 8.08. The predicted octanol–water partition coefficient (Wildman–Crippen LogP) is 1.84. The normalized spacial score (nSPS) is 12.5. The maximum absolute atomic E-state index is 7.53. The second kappa shape index (κ2) is 6.25. The largest absolute Gasteiger partial charge is 0.497 e. The smallest absolute Gasteiger partial charge is 0.118 e. The second-order valence-electron chi connectivity index (χ2n) is 4.14. The van der Waals surface area contributed by atoms with Crippen LogP contribution >= 0.6 is 0 Å². The van der Waals surface area contributed by atoms with Crippen LogP contribution in [0, 0.1) is 5.41 Å². The first kappa shape index (κ1) is 13.5. The van der Waals surface area contributed by atoms with E-state index in [9.17, 15) is 0 Å². The third-order valence-corrected chi connectivity index (χ3v) is 2.87. The molecular formula is C13H21N3O. The third-order valence-electron chi connectivity index (χ3n) is 2.87. The highest BCUT2D eigenvalue weighted by Gasteiger charge is 2.15. The van der Waals surface area contributed by atoms with Gasteiger partial charge in [-0.2, -0.15) is 0 Å². The number of benzene rings is 1. The Labute approximate surface area is 103 Å². The molecule has 0 amide bonds. The molecule has 0 heterocycles. The van der Waals surface area contributed by atoms with E-state index in [1.54, 1.807) is 7.11 Å². The molecule has 0 radical (unpaired) electrons. The first-order valence-electron chi connectivity index (χ1n) is 5.75. The summed E-state index contributed by atoms with van der Waals surface area (Å²) in [6.45, 7) is 2.82. The molecule has 0 bridgehead atoms. The molecule has 1 unspecified atom stereocenters. The summed E-state index contributed by atoms with van der Waals surface area (Å²) < 4.78 is 5.11. The standard InChI is InChI=1S/C13H21N3O/c1-4-12(13(14)15)16(2)9-10-5-7-11(17-3)8-6-10/h5-8,12H,4,9H2,1-3H3,(H3,14,15). The zero-order valence-electron chi connectivity index (χ0n) is 10.7. The van der Waals surface area contributed by atoms with Gasteiger partial charge in [-0.25, -0.2) is 0 Å². The van der Waals surface area contributed by atoms with Crippen molar-refractivity contribution < 1.29 is 4.74 Å². The van der Waals surface area contributed by atoms with Crippen molar-refractivity contribution in [2.24, 2.45) is 5.73 Å². The summed E-state index contributed by atoms with van der Waals surface area (Å²) in [4.78, 5) is 2.09. The van der Waals surface area contributed by atoms with Gasteiger partial charge in [0, 0.05) is 6.54 Å². The number of methoxy groups -OCH3 is 1. The van der Waals surface area contributed by atoms with E-state index < -0.39 is 0 Å². The highest BCUT2D eigenvalue weighted by atomic mass is 16.5. The van der Waals surface area contributed by atoms with Gasteiger partial charge in [0.2, 0.25) is 0 Å². The van der Waals surface area contributed by atoms with Gasteiger partial charge < -0.3 is 10.5 Å². The summed E-state index contributed by atoms with van der Waals surface area (Å²) in [6, 6.07) is 7.96. The molecular weight excluding hydrogens is 214 g/mol. The van der Waals surface area contributed by atoms with Crippen molar-refractivity contribution in [1.29, 1.82) is 5.41 Å². The van der Waals surface area contributed by atoms with Crippen LogP contribution in [0.3, 0.4) is 0 Å². The second-order valence-corrected chi connectivity index (χ2v) is 4.14. The molecule has 1 aromatic carbocycles. The van der Waals surface area contributed by atoms with E-state index in [1.807, 2.05) is 38.2 Å². The van der Waals surface area contributed by atoms with E-state index in [-0.39, 0.29) is 11.9 Å². The predicted molar refractivity (Wildman–Crippen MR) is 70.5 cm³/mol. The Bertz CT molecular complexity index is 361. The Morgan fingerprint density at radius 1 is 1.41 bits per heavy atom. The van der Waals surface area contributed by atoms with Gasteiger partial charge in [0.15, 0.2) is 0 Å². The van der Waals surface area contributed by atoms with Crippen LogP contribution in [0.2, 0.25) is 0 Å². The SMILES string of the molecule is CCC(C(=N)N)N(C)Cc1ccc(OC)cc1. The summed E-state index contributed by atoms with van der Waals surface area (Å²) in [6.07, 6.45) is 0.849. The van der Waals surface area contributed by atoms with Gasteiger partial charge in [-0.1, -0.05) is 19.1 Å². The molecule has 94 valence electrons. The highest BCUT2D eigenvalue weighted by molar-refractivity contribution is 5.82. The van der Waals surface area contributed by atoms with Gasteiger partial charge in [-0.05, 0) is 31.2 Å². The lowest BCUT2D eigenvalue weighted by Crippen LogP contribution is -2.41. The minimum atomic E-state index is 0.0112. The molecule has 0 aromatic heterocycles. The quantitative estimate of drug-likeness (QED) is 0.584. The van der Waals surface area contributed by atoms with Gasteiger partial charge in [0.25, 0.3) is 0 Å². The molecule has 0 fully saturated rings. The molecule has 3 N–H and O–H groups in total. The van der Waals surface area contributed by atoms with Crippen molar-refractivity contribution in [2.75, 3.05) is 14.2 Å². The number of rotatable bonds is 6. The Kier molecular flexibility index (Phi) is 4.97. The van der Waals surface area contributed by atoms with E-state index >= 15 is 0 Å². The molecule has 4 heteroatoms. The molecule has 0 aliphatic rings. The molecule has 0 saturated carbocycles. The number of nitrogens with two attached hydrogens (primary N) is 1. The number of likely N-dealkylation sites (N-methyl/N-ethyl adjacent to an activating group) is 1. The van der Waals surface area contributed by atoms with Crippen LogP contribution in [0.1, 0.15) is 18.9 Å². The summed E-state index contributed by atoms with van der Waals surface area (Å²) in [5, 5.41) is 7.53. The lowest BCUT2D eigenvalue weighted by atomic mass is 10.1. The fourth-order valence-electron chi connectivity index (χ4n) is 1.90. The number of amidine groups is 1. The Balaban J connectivity index is 2.66. The van der Waals surface area contributed by atoms with Crippen LogP contribution in [-0.2, 0) is 6.54 Å². The van der Waals surface area contributed by atoms with Gasteiger partial charge in [0.05, 0.1) is 13.2 Å². The van der Waals surface area contributed by atoms with E-state index in [0.717, 1.165) is 18.7 Å². The molecule has 0 aliphatic heterocycles. The third kappa shape index (κ3) is 3.75. The summed E-state index contributed by atoms with van der Waals surface area (Å²) in [5.41, 5.74) is 6.76. The fourth-order valence-corrected chi connectivity index (χ4v) is 1.90. The maximum Gasteiger partial charge on any atom is 0.118 e. The molecule has 17 heavy (non-hydrogen) atoms. The van der Waals surface area contributed by atoms with Crippen LogP contribution in [0.4, 0.5) is 0 Å². The average Bonchev–Trinajstić information content (AvgIpc) is 2.30. The maximum atomic E-state index is 7.53. The van der Waals surface area contributed by atoms with Crippen LogP contribution < -0.4 is 10.5 Å². The van der Waals surface area contributed by atoms with Gasteiger partial charge in [-0.3, -0.25) is 10.3 Å². The van der Waals surface area contributed by atoms with Gasteiger partial charge in [0.1, 0.15) is 11.6 Å². The summed E-state index contributed by atoms with van der Waals surface area (Å²) >= 11 is 0. The van der Waals surface area contributed by atoms with E-state index in [1.165, 1.54) is 5.56 Å². The van der Waals surface area contributed by atoms with Crippen molar-refractivity contribution in [3.05, 3.63) is 29.8 Å². The van der Waals surface area contributed by atoms with Crippen molar-refractivity contribution in [3.63, 3.8) is 0 Å². The van der Waals surface area contributed by atoms with Crippen LogP contribution in [0.5, 0.6) is 5.75 Å². The molecule has 1 rings (SSSR count). The number of nitrogens with one attached hydrogen (secondary N) is 1. The molecule has 0 saturated heterocycles. The minimum Gasteiger partial charge on any atom is -0.497 e. The average molecular weight is 235 g/mol. The molecule has 1 atom stereocenters. The van der Waals surface area contributed by atoms with Crippen molar-refractivity contribution in [2.45, 2.75) is 25.9 Å². The number of hydrogen-bond donors (Lipinski definition) is 2. The number of hydrogen-bond acceptors (Lipinski definition) is 3. The van der Waals surface area contributed by atoms with Crippen LogP contribution in [0.15, 0.2) is 24.3 Å². The molecule has 1 aromatic rings.